The lowest BCUT2D eigenvalue weighted by Crippen LogP contribution is -2.31. The Balaban J connectivity index is 1.44. The van der Waals surface area contributed by atoms with Crippen LogP contribution in [-0.2, 0) is 11.2 Å². The van der Waals surface area contributed by atoms with Gasteiger partial charge in [-0.2, -0.15) is 0 Å². The van der Waals surface area contributed by atoms with E-state index in [1.54, 1.807) is 7.11 Å². The predicted octanol–water partition coefficient (Wildman–Crippen LogP) is 3.87. The van der Waals surface area contributed by atoms with Crippen LogP contribution in [0.25, 0.3) is 11.0 Å². The number of aryl methyl sites for hydroxylation is 1. The molecule has 1 saturated heterocycles. The number of aromatic amines is 1. The zero-order valence-electron chi connectivity index (χ0n) is 14.9. The van der Waals surface area contributed by atoms with Gasteiger partial charge in [-0.1, -0.05) is 24.3 Å². The zero-order valence-corrected chi connectivity index (χ0v) is 14.9. The molecular weight excluding hydrogens is 326 g/mol. The van der Waals surface area contributed by atoms with Crippen molar-refractivity contribution in [1.82, 2.24) is 14.9 Å². The van der Waals surface area contributed by atoms with Gasteiger partial charge in [0.15, 0.2) is 0 Å². The second-order valence-corrected chi connectivity index (χ2v) is 6.73. The lowest BCUT2D eigenvalue weighted by atomic mass is 10.1. The molecular formula is C21H23N3O2. The fourth-order valence-corrected chi connectivity index (χ4v) is 3.67. The molecule has 1 fully saturated rings. The summed E-state index contributed by atoms with van der Waals surface area (Å²) >= 11 is 0. The summed E-state index contributed by atoms with van der Waals surface area (Å²) in [6.45, 7) is 0.809. The summed E-state index contributed by atoms with van der Waals surface area (Å²) in [6, 6.07) is 16.0. The van der Waals surface area contributed by atoms with E-state index in [0.717, 1.165) is 54.0 Å². The number of ether oxygens (including phenoxy) is 1. The fourth-order valence-electron chi connectivity index (χ4n) is 3.67. The standard InChI is InChI=1S/C21H23N3O2/c1-26-16-11-8-15(9-12-16)10-13-20(25)24-14-4-7-19(24)21-22-17-5-2-3-6-18(17)23-21/h2-3,5-6,8-9,11-12,19H,4,7,10,13-14H2,1H3,(H,22,23)/t19-/m1/s1. The molecule has 0 radical (unpaired) electrons. The summed E-state index contributed by atoms with van der Waals surface area (Å²) in [4.78, 5) is 22.9. The first kappa shape index (κ1) is 16.6. The summed E-state index contributed by atoms with van der Waals surface area (Å²) in [5.41, 5.74) is 3.14. The SMILES string of the molecule is COc1ccc(CCC(=O)N2CCC[C@@H]2c2nc3ccccc3[nH]2)cc1. The van der Waals surface area contributed by atoms with E-state index in [0.29, 0.717) is 6.42 Å². The number of benzene rings is 2. The number of aromatic nitrogens is 2. The molecule has 5 heteroatoms. The van der Waals surface area contributed by atoms with E-state index in [1.807, 2.05) is 53.4 Å². The van der Waals surface area contributed by atoms with Gasteiger partial charge in [0.05, 0.1) is 24.2 Å². The minimum absolute atomic E-state index is 0.0609. The van der Waals surface area contributed by atoms with Gasteiger partial charge in [-0.3, -0.25) is 4.79 Å². The van der Waals surface area contributed by atoms with Gasteiger partial charge in [0.25, 0.3) is 0 Å². The first-order chi connectivity index (χ1) is 12.7. The maximum atomic E-state index is 12.8. The molecule has 1 atom stereocenters. The molecule has 2 aromatic carbocycles. The van der Waals surface area contributed by atoms with Crippen LogP contribution in [0.2, 0.25) is 0 Å². The van der Waals surface area contributed by atoms with Crippen LogP contribution in [0, 0.1) is 0 Å². The Labute approximate surface area is 153 Å². The molecule has 0 unspecified atom stereocenters. The van der Waals surface area contributed by atoms with Gasteiger partial charge in [0, 0.05) is 13.0 Å². The van der Waals surface area contributed by atoms with Crippen LogP contribution in [0.15, 0.2) is 48.5 Å². The monoisotopic (exact) mass is 349 g/mol. The first-order valence-corrected chi connectivity index (χ1v) is 9.11. The third-order valence-electron chi connectivity index (χ3n) is 5.08. The minimum atomic E-state index is 0.0609. The molecule has 5 nitrogen and oxygen atoms in total. The van der Waals surface area contributed by atoms with E-state index < -0.39 is 0 Å². The topological polar surface area (TPSA) is 58.2 Å². The number of hydrogen-bond donors (Lipinski definition) is 1. The van der Waals surface area contributed by atoms with Gasteiger partial charge >= 0.3 is 0 Å². The lowest BCUT2D eigenvalue weighted by Gasteiger charge is -2.23. The number of carbonyl (C=O) groups excluding carboxylic acids is 1. The van der Waals surface area contributed by atoms with Crippen LogP contribution < -0.4 is 4.74 Å². The van der Waals surface area contributed by atoms with Crippen LogP contribution >= 0.6 is 0 Å². The summed E-state index contributed by atoms with van der Waals surface area (Å²) in [6.07, 6.45) is 3.25. The molecule has 0 saturated carbocycles. The van der Waals surface area contributed by atoms with E-state index in [9.17, 15) is 4.79 Å². The van der Waals surface area contributed by atoms with Crippen LogP contribution in [-0.4, -0.2) is 34.4 Å². The first-order valence-electron chi connectivity index (χ1n) is 9.11. The number of hydrogen-bond acceptors (Lipinski definition) is 3. The van der Waals surface area contributed by atoms with Crippen LogP contribution in [0.3, 0.4) is 0 Å². The molecule has 4 rings (SSSR count). The molecule has 134 valence electrons. The number of H-pyrrole nitrogens is 1. The number of para-hydroxylation sites is 2. The number of likely N-dealkylation sites (tertiary alicyclic amines) is 1. The van der Waals surface area contributed by atoms with Crippen molar-refractivity contribution >= 4 is 16.9 Å². The van der Waals surface area contributed by atoms with E-state index in [4.69, 9.17) is 9.72 Å². The van der Waals surface area contributed by atoms with Crippen LogP contribution in [0.4, 0.5) is 0 Å². The number of methoxy groups -OCH3 is 1. The molecule has 1 N–H and O–H groups in total. The highest BCUT2D eigenvalue weighted by Gasteiger charge is 2.31. The summed E-state index contributed by atoms with van der Waals surface area (Å²) in [7, 11) is 1.66. The predicted molar refractivity (Wildman–Crippen MR) is 101 cm³/mol. The Bertz CT molecular complexity index is 868. The second-order valence-electron chi connectivity index (χ2n) is 6.73. The zero-order chi connectivity index (χ0) is 17.9. The Morgan fingerprint density at radius 1 is 1.23 bits per heavy atom. The van der Waals surface area contributed by atoms with Crippen molar-refractivity contribution in [3.05, 3.63) is 59.9 Å². The van der Waals surface area contributed by atoms with Crippen molar-refractivity contribution < 1.29 is 9.53 Å². The van der Waals surface area contributed by atoms with Crippen molar-refractivity contribution in [2.75, 3.05) is 13.7 Å². The number of nitrogens with zero attached hydrogens (tertiary/aromatic N) is 2. The molecule has 0 bridgehead atoms. The van der Waals surface area contributed by atoms with Gasteiger partial charge in [0.1, 0.15) is 11.6 Å². The average Bonchev–Trinajstić information content (AvgIpc) is 3.32. The largest absolute Gasteiger partial charge is 0.497 e. The van der Waals surface area contributed by atoms with Gasteiger partial charge in [0.2, 0.25) is 5.91 Å². The van der Waals surface area contributed by atoms with E-state index in [2.05, 4.69) is 4.98 Å². The van der Waals surface area contributed by atoms with E-state index in [1.165, 1.54) is 0 Å². The molecule has 1 aliphatic rings. The number of fused-ring (bicyclic) bond motifs is 1. The number of nitrogens with one attached hydrogen (secondary N) is 1. The Morgan fingerprint density at radius 3 is 2.81 bits per heavy atom. The molecule has 1 aromatic heterocycles. The second kappa shape index (κ2) is 7.20. The normalized spacial score (nSPS) is 17.0. The number of imidazole rings is 1. The maximum Gasteiger partial charge on any atom is 0.223 e. The van der Waals surface area contributed by atoms with Crippen molar-refractivity contribution in [3.63, 3.8) is 0 Å². The van der Waals surface area contributed by atoms with Crippen LogP contribution in [0.1, 0.15) is 36.7 Å². The molecule has 2 heterocycles. The third-order valence-corrected chi connectivity index (χ3v) is 5.08. The summed E-state index contributed by atoms with van der Waals surface area (Å²) in [5, 5.41) is 0. The van der Waals surface area contributed by atoms with E-state index in [-0.39, 0.29) is 11.9 Å². The highest BCUT2D eigenvalue weighted by atomic mass is 16.5. The average molecular weight is 349 g/mol. The van der Waals surface area contributed by atoms with E-state index >= 15 is 0 Å². The van der Waals surface area contributed by atoms with Gasteiger partial charge < -0.3 is 14.6 Å². The molecule has 1 aliphatic heterocycles. The van der Waals surface area contributed by atoms with Crippen molar-refractivity contribution in [2.24, 2.45) is 0 Å². The Kier molecular flexibility index (Phi) is 4.61. The summed E-state index contributed by atoms with van der Waals surface area (Å²) < 4.78 is 5.18. The number of carbonyl (C=O) groups is 1. The van der Waals surface area contributed by atoms with Crippen molar-refractivity contribution in [1.29, 1.82) is 0 Å². The van der Waals surface area contributed by atoms with Crippen molar-refractivity contribution in [3.8, 4) is 5.75 Å². The maximum absolute atomic E-state index is 12.8. The number of rotatable bonds is 5. The molecule has 26 heavy (non-hydrogen) atoms. The molecule has 0 spiro atoms. The third kappa shape index (κ3) is 3.29. The van der Waals surface area contributed by atoms with Crippen molar-refractivity contribution in [2.45, 2.75) is 31.7 Å². The Hall–Kier alpha value is -2.82. The fraction of sp³-hybridized carbons (Fsp3) is 0.333. The highest BCUT2D eigenvalue weighted by molar-refractivity contribution is 5.78. The summed E-state index contributed by atoms with van der Waals surface area (Å²) in [5.74, 6) is 1.94. The smallest absolute Gasteiger partial charge is 0.223 e. The number of amides is 1. The Morgan fingerprint density at radius 2 is 2.04 bits per heavy atom. The van der Waals surface area contributed by atoms with Gasteiger partial charge in [-0.15, -0.1) is 0 Å². The van der Waals surface area contributed by atoms with Gasteiger partial charge in [-0.25, -0.2) is 4.98 Å². The minimum Gasteiger partial charge on any atom is -0.497 e. The highest BCUT2D eigenvalue weighted by Crippen LogP contribution is 2.32. The quantitative estimate of drug-likeness (QED) is 0.761. The lowest BCUT2D eigenvalue weighted by molar-refractivity contribution is -0.132. The van der Waals surface area contributed by atoms with Crippen LogP contribution in [0.5, 0.6) is 5.75 Å². The molecule has 3 aromatic rings. The molecule has 0 aliphatic carbocycles. The van der Waals surface area contributed by atoms with Gasteiger partial charge in [-0.05, 0) is 49.1 Å². The molecule has 1 amide bonds.